The number of Topliss-reactive ketones (excluding diaryl/α,β-unsaturated/α-hetero) is 1. The van der Waals surface area contributed by atoms with Gasteiger partial charge in [0.15, 0.2) is 12.4 Å². The van der Waals surface area contributed by atoms with Crippen molar-refractivity contribution < 1.29 is 9.36 Å². The van der Waals surface area contributed by atoms with E-state index < -0.39 is 0 Å². The van der Waals surface area contributed by atoms with Crippen molar-refractivity contribution in [2.45, 2.75) is 19.9 Å². The van der Waals surface area contributed by atoms with E-state index in [2.05, 4.69) is 0 Å². The Kier molecular flexibility index (Phi) is 3.33. The zero-order chi connectivity index (χ0) is 12.3. The Labute approximate surface area is 102 Å². The first-order valence-corrected chi connectivity index (χ1v) is 5.75. The van der Waals surface area contributed by atoms with Crippen LogP contribution in [0.1, 0.15) is 28.9 Å². The average molecular weight is 226 g/mol. The van der Waals surface area contributed by atoms with Crippen LogP contribution in [0, 0.1) is 6.92 Å². The highest BCUT2D eigenvalue weighted by molar-refractivity contribution is 5.97. The van der Waals surface area contributed by atoms with Crippen LogP contribution in [0.3, 0.4) is 0 Å². The van der Waals surface area contributed by atoms with Crippen LogP contribution in [0.2, 0.25) is 0 Å². The highest BCUT2D eigenvalue weighted by Crippen LogP contribution is 2.08. The topological polar surface area (TPSA) is 20.9 Å². The number of rotatable bonds is 3. The van der Waals surface area contributed by atoms with E-state index in [1.54, 1.807) is 0 Å². The minimum atomic E-state index is -0.169. The molecule has 1 aromatic carbocycles. The second kappa shape index (κ2) is 4.91. The summed E-state index contributed by atoms with van der Waals surface area (Å²) in [6.45, 7) is 3.95. The van der Waals surface area contributed by atoms with E-state index in [-0.39, 0.29) is 11.8 Å². The summed E-state index contributed by atoms with van der Waals surface area (Å²) in [6.07, 6.45) is 3.92. The molecular formula is C15H16NO+. The maximum atomic E-state index is 12.2. The first-order chi connectivity index (χ1) is 8.18. The van der Waals surface area contributed by atoms with E-state index in [9.17, 15) is 4.79 Å². The molecule has 0 saturated heterocycles. The lowest BCUT2D eigenvalue weighted by Crippen LogP contribution is -2.41. The van der Waals surface area contributed by atoms with Crippen LogP contribution in [0.4, 0.5) is 0 Å². The van der Waals surface area contributed by atoms with Gasteiger partial charge in [-0.1, -0.05) is 30.3 Å². The zero-order valence-corrected chi connectivity index (χ0v) is 10.1. The van der Waals surface area contributed by atoms with Crippen LogP contribution in [-0.2, 0) is 0 Å². The van der Waals surface area contributed by atoms with Crippen molar-refractivity contribution in [3.05, 3.63) is 66.0 Å². The fraction of sp³-hybridized carbons (Fsp3) is 0.200. The molecule has 1 aromatic heterocycles. The van der Waals surface area contributed by atoms with Crippen molar-refractivity contribution in [2.75, 3.05) is 0 Å². The summed E-state index contributed by atoms with van der Waals surface area (Å²) in [5.41, 5.74) is 1.91. The number of ketones is 1. The molecule has 86 valence electrons. The molecule has 0 fully saturated rings. The number of aryl methyl sites for hydroxylation is 1. The second-order valence-corrected chi connectivity index (χ2v) is 4.23. The molecule has 1 atom stereocenters. The van der Waals surface area contributed by atoms with Crippen molar-refractivity contribution in [1.29, 1.82) is 0 Å². The van der Waals surface area contributed by atoms with Gasteiger partial charge in [-0.2, -0.15) is 4.57 Å². The molecule has 2 nitrogen and oxygen atoms in total. The Morgan fingerprint density at radius 1 is 1.12 bits per heavy atom. The Bertz CT molecular complexity index is 519. The van der Waals surface area contributed by atoms with Crippen molar-refractivity contribution in [2.24, 2.45) is 0 Å². The van der Waals surface area contributed by atoms with Gasteiger partial charge in [0.25, 0.3) is 0 Å². The molecule has 2 heteroatoms. The van der Waals surface area contributed by atoms with Gasteiger partial charge in [-0.05, 0) is 13.0 Å². The van der Waals surface area contributed by atoms with Crippen LogP contribution in [0.15, 0.2) is 54.9 Å². The monoisotopic (exact) mass is 226 g/mol. The van der Waals surface area contributed by atoms with Crippen LogP contribution in [0.25, 0.3) is 0 Å². The van der Waals surface area contributed by atoms with E-state index in [1.807, 2.05) is 73.3 Å². The lowest BCUT2D eigenvalue weighted by Gasteiger charge is -2.06. The first-order valence-electron chi connectivity index (χ1n) is 5.75. The largest absolute Gasteiger partial charge is 0.287 e. The third-order valence-corrected chi connectivity index (χ3v) is 2.85. The van der Waals surface area contributed by atoms with Crippen molar-refractivity contribution in [3.8, 4) is 0 Å². The molecule has 17 heavy (non-hydrogen) atoms. The molecule has 0 aliphatic rings. The van der Waals surface area contributed by atoms with Gasteiger partial charge in [0.1, 0.15) is 0 Å². The molecule has 0 N–H and O–H groups in total. The first kappa shape index (κ1) is 11.5. The fourth-order valence-electron chi connectivity index (χ4n) is 1.84. The number of aromatic nitrogens is 1. The van der Waals surface area contributed by atoms with Gasteiger partial charge >= 0.3 is 0 Å². The molecule has 0 amide bonds. The smallest absolute Gasteiger partial charge is 0.230 e. The second-order valence-electron chi connectivity index (χ2n) is 4.23. The van der Waals surface area contributed by atoms with E-state index in [4.69, 9.17) is 0 Å². The number of pyridine rings is 1. The summed E-state index contributed by atoms with van der Waals surface area (Å²) in [4.78, 5) is 12.2. The molecule has 0 bridgehead atoms. The summed E-state index contributed by atoms with van der Waals surface area (Å²) in [7, 11) is 0. The molecule has 0 saturated carbocycles. The van der Waals surface area contributed by atoms with Gasteiger partial charge in [-0.3, -0.25) is 4.79 Å². The Morgan fingerprint density at radius 2 is 1.82 bits per heavy atom. The third-order valence-electron chi connectivity index (χ3n) is 2.85. The highest BCUT2D eigenvalue weighted by atomic mass is 16.1. The lowest BCUT2D eigenvalue weighted by molar-refractivity contribution is -0.705. The van der Waals surface area contributed by atoms with Gasteiger partial charge in [-0.15, -0.1) is 0 Å². The summed E-state index contributed by atoms with van der Waals surface area (Å²) in [6, 6.07) is 13.2. The Morgan fingerprint density at radius 3 is 2.47 bits per heavy atom. The normalized spacial score (nSPS) is 12.1. The summed E-state index contributed by atoms with van der Waals surface area (Å²) in [5.74, 6) is 0.140. The van der Waals surface area contributed by atoms with Gasteiger partial charge in [0.2, 0.25) is 11.8 Å². The molecule has 1 unspecified atom stereocenters. The number of carbonyl (C=O) groups excluding carboxylic acids is 1. The van der Waals surface area contributed by atoms with E-state index >= 15 is 0 Å². The third kappa shape index (κ3) is 2.59. The number of benzene rings is 1. The number of hydrogen-bond acceptors (Lipinski definition) is 1. The van der Waals surface area contributed by atoms with Crippen LogP contribution < -0.4 is 4.57 Å². The number of carbonyl (C=O) groups is 1. The van der Waals surface area contributed by atoms with Gasteiger partial charge in [-0.25, -0.2) is 0 Å². The minimum Gasteiger partial charge on any atom is -0.287 e. The zero-order valence-electron chi connectivity index (χ0n) is 10.1. The highest BCUT2D eigenvalue weighted by Gasteiger charge is 2.22. The van der Waals surface area contributed by atoms with E-state index in [0.29, 0.717) is 0 Å². The molecule has 2 aromatic rings. The van der Waals surface area contributed by atoms with Crippen LogP contribution in [0.5, 0.6) is 0 Å². The summed E-state index contributed by atoms with van der Waals surface area (Å²) < 4.78 is 1.95. The predicted octanol–water partition coefficient (Wildman–Crippen LogP) is 2.73. The number of nitrogens with zero attached hydrogens (tertiary/aromatic N) is 1. The molecule has 0 aliphatic carbocycles. The standard InChI is InChI=1S/C15H16NO/c1-12-7-6-10-16(11-12)13(2)15(17)14-8-4-3-5-9-14/h3-11,13H,1-2H3/q+1. The lowest BCUT2D eigenvalue weighted by atomic mass is 10.1. The van der Waals surface area contributed by atoms with Gasteiger partial charge in [0, 0.05) is 24.1 Å². The number of hydrogen-bond donors (Lipinski definition) is 0. The molecule has 1 heterocycles. The van der Waals surface area contributed by atoms with E-state index in [1.165, 1.54) is 0 Å². The Balaban J connectivity index is 2.27. The minimum absolute atomic E-state index is 0.140. The van der Waals surface area contributed by atoms with Crippen LogP contribution in [-0.4, -0.2) is 5.78 Å². The van der Waals surface area contributed by atoms with E-state index in [0.717, 1.165) is 11.1 Å². The SMILES string of the molecule is Cc1ccc[n+](C(C)C(=O)c2ccccc2)c1. The molecular weight excluding hydrogens is 210 g/mol. The predicted molar refractivity (Wildman–Crippen MR) is 66.9 cm³/mol. The molecule has 0 aliphatic heterocycles. The van der Waals surface area contributed by atoms with Crippen molar-refractivity contribution in [1.82, 2.24) is 0 Å². The fourth-order valence-corrected chi connectivity index (χ4v) is 1.84. The maximum absolute atomic E-state index is 12.2. The Hall–Kier alpha value is -1.96. The molecule has 0 spiro atoms. The molecule has 2 rings (SSSR count). The van der Waals surface area contributed by atoms with Crippen molar-refractivity contribution in [3.63, 3.8) is 0 Å². The van der Waals surface area contributed by atoms with Gasteiger partial charge in [0.05, 0.1) is 0 Å². The maximum Gasteiger partial charge on any atom is 0.230 e. The van der Waals surface area contributed by atoms with Crippen LogP contribution >= 0.6 is 0 Å². The summed E-state index contributed by atoms with van der Waals surface area (Å²) >= 11 is 0. The van der Waals surface area contributed by atoms with Gasteiger partial charge < -0.3 is 0 Å². The summed E-state index contributed by atoms with van der Waals surface area (Å²) in [5, 5.41) is 0. The van der Waals surface area contributed by atoms with Crippen molar-refractivity contribution >= 4 is 5.78 Å². The quantitative estimate of drug-likeness (QED) is 0.582. The molecule has 0 radical (unpaired) electrons. The average Bonchev–Trinajstić information content (AvgIpc) is 2.38.